The molecule has 0 aliphatic heterocycles. The third kappa shape index (κ3) is 10.1. The zero-order chi connectivity index (χ0) is 25.4. The first-order valence-corrected chi connectivity index (χ1v) is 11.6. The number of ether oxygens (including phenoxy) is 1. The van der Waals surface area contributed by atoms with E-state index in [1.807, 2.05) is 20.8 Å². The number of carbonyl (C=O) groups excluding carboxylic acids is 3. The van der Waals surface area contributed by atoms with Crippen molar-refractivity contribution in [1.82, 2.24) is 15.5 Å². The van der Waals surface area contributed by atoms with Crippen molar-refractivity contribution in [1.29, 1.82) is 0 Å². The van der Waals surface area contributed by atoms with Gasteiger partial charge in [0.25, 0.3) is 0 Å². The largest absolute Gasteiger partial charge is 0.508 e. The molecule has 33 heavy (non-hydrogen) atoms. The number of alkyl carbamates (subject to hydrolysis) is 1. The van der Waals surface area contributed by atoms with Crippen molar-refractivity contribution in [3.05, 3.63) is 29.8 Å². The van der Waals surface area contributed by atoms with Gasteiger partial charge in [0, 0.05) is 12.1 Å². The van der Waals surface area contributed by atoms with E-state index in [9.17, 15) is 19.5 Å². The van der Waals surface area contributed by atoms with Gasteiger partial charge in [0.1, 0.15) is 23.4 Å². The van der Waals surface area contributed by atoms with Crippen molar-refractivity contribution < 1.29 is 24.2 Å². The van der Waals surface area contributed by atoms with Crippen LogP contribution < -0.4 is 10.6 Å². The average Bonchev–Trinajstić information content (AvgIpc) is 2.63. The first-order valence-electron chi connectivity index (χ1n) is 11.6. The quantitative estimate of drug-likeness (QED) is 0.474. The van der Waals surface area contributed by atoms with Crippen LogP contribution in [0.15, 0.2) is 24.3 Å². The van der Waals surface area contributed by atoms with Crippen LogP contribution in [-0.4, -0.2) is 51.6 Å². The van der Waals surface area contributed by atoms with Crippen molar-refractivity contribution >= 4 is 17.9 Å². The number of carbonyl (C=O) groups is 3. The molecule has 1 rings (SSSR count). The highest BCUT2D eigenvalue weighted by molar-refractivity contribution is 5.92. The van der Waals surface area contributed by atoms with E-state index >= 15 is 0 Å². The minimum Gasteiger partial charge on any atom is -0.508 e. The van der Waals surface area contributed by atoms with Crippen molar-refractivity contribution in [2.45, 2.75) is 97.9 Å². The standard InChI is InChI=1S/C25H41N3O5/c1-9-10-11-15-28(22(31)17(2)26-23(32)33-25(6,7)8)20(21(30)27-24(3,4)5)18-13-12-14-19(29)16-18/h12-14,16-17,20,29H,9-11,15H2,1-8H3,(H,26,32)(H,27,30). The molecule has 3 amide bonds. The van der Waals surface area contributed by atoms with Crippen molar-refractivity contribution in [3.63, 3.8) is 0 Å². The summed E-state index contributed by atoms with van der Waals surface area (Å²) in [6.45, 7) is 14.8. The molecule has 1 aromatic rings. The van der Waals surface area contributed by atoms with Gasteiger partial charge in [-0.2, -0.15) is 0 Å². The Morgan fingerprint density at radius 3 is 2.24 bits per heavy atom. The van der Waals surface area contributed by atoms with Gasteiger partial charge in [0.2, 0.25) is 11.8 Å². The smallest absolute Gasteiger partial charge is 0.408 e. The van der Waals surface area contributed by atoms with Gasteiger partial charge in [0.05, 0.1) is 0 Å². The van der Waals surface area contributed by atoms with E-state index < -0.39 is 35.2 Å². The van der Waals surface area contributed by atoms with Crippen LogP contribution in [0.25, 0.3) is 0 Å². The molecule has 8 nitrogen and oxygen atoms in total. The number of benzene rings is 1. The lowest BCUT2D eigenvalue weighted by Crippen LogP contribution is -2.54. The van der Waals surface area contributed by atoms with E-state index in [-0.39, 0.29) is 11.7 Å². The van der Waals surface area contributed by atoms with Crippen LogP contribution in [0.1, 0.15) is 86.3 Å². The Morgan fingerprint density at radius 2 is 1.73 bits per heavy atom. The number of unbranched alkanes of at least 4 members (excludes halogenated alkanes) is 2. The minimum absolute atomic E-state index is 0.00180. The molecule has 0 spiro atoms. The molecule has 3 N–H and O–H groups in total. The van der Waals surface area contributed by atoms with Crippen LogP contribution in [0.3, 0.4) is 0 Å². The molecule has 1 aromatic carbocycles. The fourth-order valence-corrected chi connectivity index (χ4v) is 3.30. The highest BCUT2D eigenvalue weighted by Gasteiger charge is 2.35. The lowest BCUT2D eigenvalue weighted by atomic mass is 10.00. The highest BCUT2D eigenvalue weighted by Crippen LogP contribution is 2.27. The number of phenols is 1. The van der Waals surface area contributed by atoms with Gasteiger partial charge < -0.3 is 25.4 Å². The molecule has 0 saturated carbocycles. The molecule has 0 fully saturated rings. The van der Waals surface area contributed by atoms with Crippen molar-refractivity contribution in [2.75, 3.05) is 6.54 Å². The summed E-state index contributed by atoms with van der Waals surface area (Å²) < 4.78 is 5.28. The second-order valence-electron chi connectivity index (χ2n) is 10.3. The number of nitrogens with one attached hydrogen (secondary N) is 2. The Kier molecular flexibility index (Phi) is 10.2. The van der Waals surface area contributed by atoms with Gasteiger partial charge in [-0.1, -0.05) is 31.9 Å². The summed E-state index contributed by atoms with van der Waals surface area (Å²) in [5.41, 5.74) is -0.735. The maximum absolute atomic E-state index is 13.5. The number of amides is 3. The maximum atomic E-state index is 13.5. The summed E-state index contributed by atoms with van der Waals surface area (Å²) in [4.78, 5) is 40.6. The highest BCUT2D eigenvalue weighted by atomic mass is 16.6. The van der Waals surface area contributed by atoms with Crippen LogP contribution >= 0.6 is 0 Å². The van der Waals surface area contributed by atoms with Crippen LogP contribution in [-0.2, 0) is 14.3 Å². The van der Waals surface area contributed by atoms with Crippen LogP contribution in [0.2, 0.25) is 0 Å². The number of hydrogen-bond acceptors (Lipinski definition) is 5. The third-order valence-electron chi connectivity index (χ3n) is 4.63. The lowest BCUT2D eigenvalue weighted by molar-refractivity contribution is -0.142. The SMILES string of the molecule is CCCCCN(C(=O)C(C)NC(=O)OC(C)(C)C)C(C(=O)NC(C)(C)C)c1cccc(O)c1. The number of hydrogen-bond donors (Lipinski definition) is 3. The van der Waals surface area contributed by atoms with Crippen LogP contribution in [0, 0.1) is 0 Å². The van der Waals surface area contributed by atoms with Gasteiger partial charge in [-0.25, -0.2) is 4.79 Å². The zero-order valence-electron chi connectivity index (χ0n) is 21.3. The minimum atomic E-state index is -0.969. The Bertz CT molecular complexity index is 811. The number of nitrogens with zero attached hydrogens (tertiary/aromatic N) is 1. The van der Waals surface area contributed by atoms with Crippen LogP contribution in [0.5, 0.6) is 5.75 Å². The zero-order valence-corrected chi connectivity index (χ0v) is 21.3. The van der Waals surface area contributed by atoms with Gasteiger partial charge >= 0.3 is 6.09 Å². The molecule has 0 heterocycles. The summed E-state index contributed by atoms with van der Waals surface area (Å²) in [5, 5.41) is 15.6. The van der Waals surface area contributed by atoms with Gasteiger partial charge in [-0.3, -0.25) is 9.59 Å². The van der Waals surface area contributed by atoms with Crippen LogP contribution in [0.4, 0.5) is 4.79 Å². The summed E-state index contributed by atoms with van der Waals surface area (Å²) in [5.74, 6) is -0.765. The molecule has 0 saturated heterocycles. The van der Waals surface area contributed by atoms with Gasteiger partial charge in [-0.15, -0.1) is 0 Å². The number of phenolic OH excluding ortho intramolecular Hbond substituents is 1. The fourth-order valence-electron chi connectivity index (χ4n) is 3.30. The van der Waals surface area contributed by atoms with Crippen molar-refractivity contribution in [3.8, 4) is 5.75 Å². The normalized spacial score (nSPS) is 13.6. The first kappa shape index (κ1) is 28.3. The monoisotopic (exact) mass is 463 g/mol. The molecule has 0 radical (unpaired) electrons. The van der Waals surface area contributed by atoms with E-state index in [4.69, 9.17) is 4.74 Å². The second kappa shape index (κ2) is 11.9. The van der Waals surface area contributed by atoms with E-state index in [1.165, 1.54) is 17.0 Å². The summed E-state index contributed by atoms with van der Waals surface area (Å²) in [6, 6.07) is 4.46. The Balaban J connectivity index is 3.33. The van der Waals surface area contributed by atoms with E-state index in [2.05, 4.69) is 17.6 Å². The van der Waals surface area contributed by atoms with Gasteiger partial charge in [-0.05, 0) is 72.6 Å². The molecular weight excluding hydrogens is 422 g/mol. The Morgan fingerprint density at radius 1 is 1.09 bits per heavy atom. The molecule has 0 aromatic heterocycles. The lowest BCUT2D eigenvalue weighted by Gasteiger charge is -2.35. The fraction of sp³-hybridized carbons (Fsp3) is 0.640. The Hall–Kier alpha value is -2.77. The second-order valence-corrected chi connectivity index (χ2v) is 10.3. The summed E-state index contributed by atoms with van der Waals surface area (Å²) in [7, 11) is 0. The third-order valence-corrected chi connectivity index (χ3v) is 4.63. The van der Waals surface area contributed by atoms with Crippen molar-refractivity contribution in [2.24, 2.45) is 0 Å². The molecule has 0 aliphatic rings. The Labute approximate surface area is 198 Å². The number of aromatic hydroxyl groups is 1. The maximum Gasteiger partial charge on any atom is 0.408 e. The molecule has 8 heteroatoms. The molecule has 2 atom stereocenters. The van der Waals surface area contributed by atoms with E-state index in [1.54, 1.807) is 39.8 Å². The molecule has 2 unspecified atom stereocenters. The molecule has 186 valence electrons. The number of rotatable bonds is 9. The van der Waals surface area contributed by atoms with E-state index in [0.29, 0.717) is 18.5 Å². The summed E-state index contributed by atoms with van der Waals surface area (Å²) in [6.07, 6.45) is 1.81. The average molecular weight is 464 g/mol. The molecule has 0 aliphatic carbocycles. The predicted octanol–water partition coefficient (Wildman–Crippen LogP) is 4.28. The van der Waals surface area contributed by atoms with Gasteiger partial charge in [0.15, 0.2) is 0 Å². The van der Waals surface area contributed by atoms with E-state index in [0.717, 1.165) is 12.8 Å². The predicted molar refractivity (Wildman–Crippen MR) is 129 cm³/mol. The first-order chi connectivity index (χ1) is 15.1. The summed E-state index contributed by atoms with van der Waals surface area (Å²) >= 11 is 0. The molecule has 0 bridgehead atoms. The topological polar surface area (TPSA) is 108 Å². The molecular formula is C25H41N3O5.